The Balaban J connectivity index is 2.55. The van der Waals surface area contributed by atoms with Gasteiger partial charge in [-0.15, -0.1) is 0 Å². The third kappa shape index (κ3) is 2.27. The molecule has 0 aromatic heterocycles. The lowest BCUT2D eigenvalue weighted by atomic mass is 9.98. The molecule has 0 saturated carbocycles. The second kappa shape index (κ2) is 4.93. The minimum Gasteiger partial charge on any atom is -0.504 e. The zero-order chi connectivity index (χ0) is 12.3. The number of halogens is 1. The Labute approximate surface area is 104 Å². The number of phenols is 2. The van der Waals surface area contributed by atoms with E-state index in [0.29, 0.717) is 11.1 Å². The first-order valence-electron chi connectivity index (χ1n) is 5.11. The van der Waals surface area contributed by atoms with Crippen LogP contribution < -0.4 is 0 Å². The van der Waals surface area contributed by atoms with Gasteiger partial charge in [-0.05, 0) is 11.6 Å². The predicted octanol–water partition coefficient (Wildman–Crippen LogP) is 3.73. The zero-order valence-electron chi connectivity index (χ0n) is 8.97. The van der Waals surface area contributed by atoms with Gasteiger partial charge < -0.3 is 10.2 Å². The molecule has 0 bridgehead atoms. The van der Waals surface area contributed by atoms with E-state index in [4.69, 9.17) is 11.6 Å². The Kier molecular flexibility index (Phi) is 3.35. The fourth-order valence-electron chi connectivity index (χ4n) is 1.64. The lowest BCUT2D eigenvalue weighted by Gasteiger charge is -2.09. The number of hydrogen-bond donors (Lipinski definition) is 2. The van der Waals surface area contributed by atoms with Crippen LogP contribution in [0.4, 0.5) is 0 Å². The third-order valence-electron chi connectivity index (χ3n) is 2.50. The van der Waals surface area contributed by atoms with Crippen LogP contribution in [0.1, 0.15) is 11.1 Å². The van der Waals surface area contributed by atoms with E-state index in [-0.39, 0.29) is 11.5 Å². The van der Waals surface area contributed by atoms with E-state index in [9.17, 15) is 10.2 Å². The Morgan fingerprint density at radius 2 is 1.65 bits per heavy atom. The molecular weight excluding hydrogens is 236 g/mol. The lowest BCUT2D eigenvalue weighted by molar-refractivity contribution is 0.403. The first-order valence-corrected chi connectivity index (χ1v) is 5.55. The molecule has 0 amide bonds. The van der Waals surface area contributed by atoms with Crippen molar-refractivity contribution in [2.75, 3.05) is 0 Å². The predicted molar refractivity (Wildman–Crippen MR) is 69.1 cm³/mol. The van der Waals surface area contributed by atoms with Crippen molar-refractivity contribution in [2.45, 2.75) is 0 Å². The SMILES string of the molecule is Oc1cccc(C(=CCl)c2ccccc2)c1O. The van der Waals surface area contributed by atoms with Gasteiger partial charge in [0, 0.05) is 16.7 Å². The quantitative estimate of drug-likeness (QED) is 0.793. The normalized spacial score (nSPS) is 11.5. The topological polar surface area (TPSA) is 40.5 Å². The molecule has 0 aliphatic rings. The Bertz CT molecular complexity index is 547. The summed E-state index contributed by atoms with van der Waals surface area (Å²) in [4.78, 5) is 0. The molecule has 0 atom stereocenters. The van der Waals surface area contributed by atoms with Gasteiger partial charge in [0.05, 0.1) is 0 Å². The molecule has 2 nitrogen and oxygen atoms in total. The van der Waals surface area contributed by atoms with E-state index in [1.807, 2.05) is 30.3 Å². The molecule has 86 valence electrons. The van der Waals surface area contributed by atoms with E-state index in [1.165, 1.54) is 11.6 Å². The third-order valence-corrected chi connectivity index (χ3v) is 2.72. The van der Waals surface area contributed by atoms with Gasteiger partial charge in [-0.25, -0.2) is 0 Å². The largest absolute Gasteiger partial charge is 0.504 e. The van der Waals surface area contributed by atoms with Crippen molar-refractivity contribution < 1.29 is 10.2 Å². The van der Waals surface area contributed by atoms with Gasteiger partial charge in [-0.3, -0.25) is 0 Å². The highest BCUT2D eigenvalue weighted by molar-refractivity contribution is 6.29. The van der Waals surface area contributed by atoms with Crippen LogP contribution in [-0.2, 0) is 0 Å². The molecule has 0 spiro atoms. The highest BCUT2D eigenvalue weighted by Gasteiger charge is 2.11. The van der Waals surface area contributed by atoms with Crippen molar-refractivity contribution in [2.24, 2.45) is 0 Å². The average Bonchev–Trinajstić information content (AvgIpc) is 2.37. The van der Waals surface area contributed by atoms with Crippen LogP contribution >= 0.6 is 11.6 Å². The monoisotopic (exact) mass is 246 g/mol. The van der Waals surface area contributed by atoms with Gasteiger partial charge >= 0.3 is 0 Å². The molecular formula is C14H11ClO2. The summed E-state index contributed by atoms with van der Waals surface area (Å²) in [5, 5.41) is 19.3. The summed E-state index contributed by atoms with van der Waals surface area (Å²) in [6.45, 7) is 0. The van der Waals surface area contributed by atoms with E-state index >= 15 is 0 Å². The summed E-state index contributed by atoms with van der Waals surface area (Å²) in [5.41, 5.74) is 3.44. The fourth-order valence-corrected chi connectivity index (χ4v) is 1.89. The summed E-state index contributed by atoms with van der Waals surface area (Å²) in [6.07, 6.45) is 0. The number of aromatic hydroxyl groups is 2. The number of benzene rings is 2. The van der Waals surface area contributed by atoms with Crippen molar-refractivity contribution in [3.63, 3.8) is 0 Å². The minimum absolute atomic E-state index is 0.158. The van der Waals surface area contributed by atoms with Crippen molar-refractivity contribution >= 4 is 17.2 Å². The van der Waals surface area contributed by atoms with Crippen molar-refractivity contribution in [1.82, 2.24) is 0 Å². The number of para-hydroxylation sites is 1. The van der Waals surface area contributed by atoms with Gasteiger partial charge in [0.2, 0.25) is 0 Å². The van der Waals surface area contributed by atoms with E-state index in [0.717, 1.165) is 5.56 Å². The molecule has 3 heteroatoms. The maximum atomic E-state index is 9.81. The highest BCUT2D eigenvalue weighted by atomic mass is 35.5. The summed E-state index contributed by atoms with van der Waals surface area (Å²) in [5.74, 6) is -0.322. The maximum absolute atomic E-state index is 9.81. The minimum atomic E-state index is -0.164. The van der Waals surface area contributed by atoms with E-state index < -0.39 is 0 Å². The van der Waals surface area contributed by atoms with Crippen LogP contribution in [0.15, 0.2) is 54.1 Å². The van der Waals surface area contributed by atoms with Crippen LogP contribution in [0.25, 0.3) is 5.57 Å². The van der Waals surface area contributed by atoms with E-state index in [2.05, 4.69) is 0 Å². The molecule has 0 saturated heterocycles. The van der Waals surface area contributed by atoms with Crippen LogP contribution in [0, 0.1) is 0 Å². The molecule has 2 N–H and O–H groups in total. The molecule has 0 radical (unpaired) electrons. The van der Waals surface area contributed by atoms with Crippen LogP contribution in [-0.4, -0.2) is 10.2 Å². The molecule has 0 aliphatic carbocycles. The molecule has 2 aromatic rings. The van der Waals surface area contributed by atoms with Gasteiger partial charge in [-0.2, -0.15) is 0 Å². The first-order chi connectivity index (χ1) is 8.24. The second-order valence-corrected chi connectivity index (χ2v) is 3.78. The van der Waals surface area contributed by atoms with Crippen LogP contribution in [0.2, 0.25) is 0 Å². The summed E-state index contributed by atoms with van der Waals surface area (Å²) in [7, 11) is 0. The lowest BCUT2D eigenvalue weighted by Crippen LogP contribution is -1.87. The van der Waals surface area contributed by atoms with Gasteiger partial charge in [-0.1, -0.05) is 54.1 Å². The fraction of sp³-hybridized carbons (Fsp3) is 0. The standard InChI is InChI=1S/C14H11ClO2/c15-9-12(10-5-2-1-3-6-10)11-7-4-8-13(16)14(11)17/h1-9,16-17H. The maximum Gasteiger partial charge on any atom is 0.165 e. The molecule has 0 fully saturated rings. The molecule has 2 aromatic carbocycles. The Morgan fingerprint density at radius 3 is 2.29 bits per heavy atom. The number of phenolic OH excluding ortho intramolecular Hbond substituents is 2. The molecule has 0 aliphatic heterocycles. The van der Waals surface area contributed by atoms with E-state index in [1.54, 1.807) is 12.1 Å². The Hall–Kier alpha value is -1.93. The molecule has 0 unspecified atom stereocenters. The smallest absolute Gasteiger partial charge is 0.165 e. The first kappa shape index (κ1) is 11.6. The number of rotatable bonds is 2. The van der Waals surface area contributed by atoms with Crippen molar-refractivity contribution in [3.8, 4) is 11.5 Å². The van der Waals surface area contributed by atoms with Crippen molar-refractivity contribution in [3.05, 3.63) is 65.2 Å². The van der Waals surface area contributed by atoms with Gasteiger partial charge in [0.15, 0.2) is 11.5 Å². The average molecular weight is 247 g/mol. The zero-order valence-corrected chi connectivity index (χ0v) is 9.72. The summed E-state index contributed by atoms with van der Waals surface area (Å²) in [6, 6.07) is 14.2. The van der Waals surface area contributed by atoms with Crippen molar-refractivity contribution in [1.29, 1.82) is 0 Å². The molecule has 17 heavy (non-hydrogen) atoms. The van der Waals surface area contributed by atoms with Gasteiger partial charge in [0.1, 0.15) is 0 Å². The van der Waals surface area contributed by atoms with Crippen LogP contribution in [0.5, 0.6) is 11.5 Å². The summed E-state index contributed by atoms with van der Waals surface area (Å²) < 4.78 is 0. The Morgan fingerprint density at radius 1 is 0.941 bits per heavy atom. The highest BCUT2D eigenvalue weighted by Crippen LogP contribution is 2.36. The molecule has 0 heterocycles. The second-order valence-electron chi connectivity index (χ2n) is 3.56. The van der Waals surface area contributed by atoms with Crippen LogP contribution in [0.3, 0.4) is 0 Å². The van der Waals surface area contributed by atoms with Gasteiger partial charge in [0.25, 0.3) is 0 Å². The number of hydrogen-bond acceptors (Lipinski definition) is 2. The molecule has 2 rings (SSSR count). The summed E-state index contributed by atoms with van der Waals surface area (Å²) >= 11 is 5.81.